The Labute approximate surface area is 113 Å². The summed E-state index contributed by atoms with van der Waals surface area (Å²) < 4.78 is 0. The molecule has 102 valence electrons. The number of amides is 2. The van der Waals surface area contributed by atoms with Crippen LogP contribution >= 0.6 is 0 Å². The van der Waals surface area contributed by atoms with Gasteiger partial charge in [0.2, 0.25) is 5.91 Å². The maximum Gasteiger partial charge on any atom is 0.251 e. The van der Waals surface area contributed by atoms with Crippen LogP contribution in [0.5, 0.6) is 0 Å². The topological polar surface area (TPSA) is 58.2 Å². The molecule has 1 saturated carbocycles. The van der Waals surface area contributed by atoms with Crippen LogP contribution in [-0.2, 0) is 4.79 Å². The molecule has 19 heavy (non-hydrogen) atoms. The third-order valence-corrected chi connectivity index (χ3v) is 3.42. The summed E-state index contributed by atoms with van der Waals surface area (Å²) in [5.74, 6) is -0.104. The van der Waals surface area contributed by atoms with Crippen LogP contribution in [0.1, 0.15) is 49.4 Å². The Bertz CT molecular complexity index is 465. The molecule has 0 saturated heterocycles. The van der Waals surface area contributed by atoms with E-state index in [4.69, 9.17) is 0 Å². The zero-order valence-electron chi connectivity index (χ0n) is 11.2. The molecule has 0 spiro atoms. The molecule has 2 rings (SSSR count). The van der Waals surface area contributed by atoms with Crippen molar-refractivity contribution in [3.63, 3.8) is 0 Å². The Morgan fingerprint density at radius 2 is 2.00 bits per heavy atom. The number of carbonyl (C=O) groups excluding carboxylic acids is 2. The molecule has 1 fully saturated rings. The lowest BCUT2D eigenvalue weighted by Crippen LogP contribution is -2.32. The second-order valence-corrected chi connectivity index (χ2v) is 4.94. The number of benzene rings is 1. The van der Waals surface area contributed by atoms with E-state index in [-0.39, 0.29) is 11.8 Å². The molecule has 0 unspecified atom stereocenters. The lowest BCUT2D eigenvalue weighted by molar-refractivity contribution is -0.115. The molecule has 0 aromatic heterocycles. The molecular weight excluding hydrogens is 240 g/mol. The van der Waals surface area contributed by atoms with Crippen LogP contribution in [0.3, 0.4) is 0 Å². The number of anilines is 1. The summed E-state index contributed by atoms with van der Waals surface area (Å²) >= 11 is 0. The maximum absolute atomic E-state index is 12.1. The molecule has 1 aliphatic rings. The van der Waals surface area contributed by atoms with Gasteiger partial charge in [0.15, 0.2) is 0 Å². The fourth-order valence-corrected chi connectivity index (χ4v) is 2.33. The van der Waals surface area contributed by atoms with E-state index in [1.165, 1.54) is 12.8 Å². The Hall–Kier alpha value is -1.84. The fraction of sp³-hybridized carbons (Fsp3) is 0.467. The van der Waals surface area contributed by atoms with Crippen LogP contribution in [0.25, 0.3) is 0 Å². The van der Waals surface area contributed by atoms with E-state index in [0.29, 0.717) is 23.7 Å². The molecule has 4 heteroatoms. The zero-order valence-corrected chi connectivity index (χ0v) is 11.2. The standard InChI is InChI=1S/C15H20N2O2/c1-2-14(18)16-13-9-5-6-11(10-13)15(19)17-12-7-3-4-8-12/h5-6,9-10,12H,2-4,7-8H2,1H3,(H,16,18)(H,17,19). The molecule has 1 aliphatic carbocycles. The van der Waals surface area contributed by atoms with E-state index in [1.807, 2.05) is 0 Å². The maximum atomic E-state index is 12.1. The smallest absolute Gasteiger partial charge is 0.251 e. The molecule has 2 amide bonds. The fourth-order valence-electron chi connectivity index (χ4n) is 2.33. The lowest BCUT2D eigenvalue weighted by Gasteiger charge is -2.12. The van der Waals surface area contributed by atoms with E-state index in [0.717, 1.165) is 12.8 Å². The first-order chi connectivity index (χ1) is 9.19. The van der Waals surface area contributed by atoms with E-state index in [9.17, 15) is 9.59 Å². The van der Waals surface area contributed by atoms with Gasteiger partial charge in [-0.1, -0.05) is 25.8 Å². The van der Waals surface area contributed by atoms with Crippen molar-refractivity contribution in [3.05, 3.63) is 29.8 Å². The molecule has 0 aliphatic heterocycles. The Morgan fingerprint density at radius 3 is 2.68 bits per heavy atom. The predicted molar refractivity (Wildman–Crippen MR) is 75.1 cm³/mol. The average molecular weight is 260 g/mol. The first-order valence-corrected chi connectivity index (χ1v) is 6.90. The van der Waals surface area contributed by atoms with Gasteiger partial charge in [0.25, 0.3) is 5.91 Å². The largest absolute Gasteiger partial charge is 0.349 e. The third kappa shape index (κ3) is 3.81. The highest BCUT2D eigenvalue weighted by Crippen LogP contribution is 2.18. The minimum atomic E-state index is -0.0560. The molecule has 0 bridgehead atoms. The lowest BCUT2D eigenvalue weighted by atomic mass is 10.1. The summed E-state index contributed by atoms with van der Waals surface area (Å²) in [4.78, 5) is 23.4. The van der Waals surface area contributed by atoms with Crippen LogP contribution in [-0.4, -0.2) is 17.9 Å². The molecular formula is C15H20N2O2. The minimum absolute atomic E-state index is 0.0478. The van der Waals surface area contributed by atoms with Gasteiger partial charge in [0.05, 0.1) is 0 Å². The highest BCUT2D eigenvalue weighted by atomic mass is 16.2. The van der Waals surface area contributed by atoms with Crippen molar-refractivity contribution in [3.8, 4) is 0 Å². The van der Waals surface area contributed by atoms with Gasteiger partial charge < -0.3 is 10.6 Å². The summed E-state index contributed by atoms with van der Waals surface area (Å²) in [5.41, 5.74) is 1.27. The second-order valence-electron chi connectivity index (χ2n) is 4.94. The van der Waals surface area contributed by atoms with Crippen LogP contribution in [0, 0.1) is 0 Å². The van der Waals surface area contributed by atoms with Crippen molar-refractivity contribution in [1.29, 1.82) is 0 Å². The van der Waals surface area contributed by atoms with Crippen molar-refractivity contribution < 1.29 is 9.59 Å². The van der Waals surface area contributed by atoms with Gasteiger partial charge in [0.1, 0.15) is 0 Å². The van der Waals surface area contributed by atoms with E-state index < -0.39 is 0 Å². The minimum Gasteiger partial charge on any atom is -0.349 e. The van der Waals surface area contributed by atoms with Crippen LogP contribution in [0.15, 0.2) is 24.3 Å². The Morgan fingerprint density at radius 1 is 1.26 bits per heavy atom. The van der Waals surface area contributed by atoms with E-state index in [1.54, 1.807) is 31.2 Å². The van der Waals surface area contributed by atoms with Crippen LogP contribution < -0.4 is 10.6 Å². The predicted octanol–water partition coefficient (Wildman–Crippen LogP) is 2.71. The van der Waals surface area contributed by atoms with Gasteiger partial charge in [-0.15, -0.1) is 0 Å². The highest BCUT2D eigenvalue weighted by molar-refractivity contribution is 5.97. The molecule has 4 nitrogen and oxygen atoms in total. The van der Waals surface area contributed by atoms with Crippen molar-refractivity contribution in [2.24, 2.45) is 0 Å². The SMILES string of the molecule is CCC(=O)Nc1cccc(C(=O)NC2CCCC2)c1. The Kier molecular flexibility index (Phi) is 4.55. The Balaban J connectivity index is 2.00. The van der Waals surface area contributed by atoms with Gasteiger partial charge in [-0.3, -0.25) is 9.59 Å². The summed E-state index contributed by atoms with van der Waals surface area (Å²) in [6.07, 6.45) is 4.95. The summed E-state index contributed by atoms with van der Waals surface area (Å²) in [7, 11) is 0. The van der Waals surface area contributed by atoms with Gasteiger partial charge in [-0.2, -0.15) is 0 Å². The number of nitrogens with one attached hydrogen (secondary N) is 2. The third-order valence-electron chi connectivity index (χ3n) is 3.42. The average Bonchev–Trinajstić information content (AvgIpc) is 2.91. The molecule has 0 heterocycles. The van der Waals surface area contributed by atoms with Crippen molar-refractivity contribution in [2.75, 3.05) is 5.32 Å². The van der Waals surface area contributed by atoms with E-state index >= 15 is 0 Å². The quantitative estimate of drug-likeness (QED) is 0.874. The number of hydrogen-bond acceptors (Lipinski definition) is 2. The number of rotatable bonds is 4. The molecule has 0 atom stereocenters. The number of hydrogen-bond donors (Lipinski definition) is 2. The van der Waals surface area contributed by atoms with Crippen molar-refractivity contribution in [1.82, 2.24) is 5.32 Å². The van der Waals surface area contributed by atoms with Gasteiger partial charge in [-0.05, 0) is 31.0 Å². The van der Waals surface area contributed by atoms with Crippen LogP contribution in [0.4, 0.5) is 5.69 Å². The second kappa shape index (κ2) is 6.36. The number of carbonyl (C=O) groups is 2. The van der Waals surface area contributed by atoms with Gasteiger partial charge >= 0.3 is 0 Å². The molecule has 1 aromatic carbocycles. The zero-order chi connectivity index (χ0) is 13.7. The van der Waals surface area contributed by atoms with Crippen LogP contribution in [0.2, 0.25) is 0 Å². The van der Waals surface area contributed by atoms with Gasteiger partial charge in [-0.25, -0.2) is 0 Å². The van der Waals surface area contributed by atoms with Gasteiger partial charge in [0, 0.05) is 23.7 Å². The van der Waals surface area contributed by atoms with Crippen molar-refractivity contribution >= 4 is 17.5 Å². The highest BCUT2D eigenvalue weighted by Gasteiger charge is 2.18. The molecule has 2 N–H and O–H groups in total. The first kappa shape index (κ1) is 13.6. The first-order valence-electron chi connectivity index (χ1n) is 6.90. The summed E-state index contributed by atoms with van der Waals surface area (Å²) in [5, 5.41) is 5.80. The van der Waals surface area contributed by atoms with Crippen molar-refractivity contribution in [2.45, 2.75) is 45.1 Å². The van der Waals surface area contributed by atoms with E-state index in [2.05, 4.69) is 10.6 Å². The summed E-state index contributed by atoms with van der Waals surface area (Å²) in [6.45, 7) is 1.80. The monoisotopic (exact) mass is 260 g/mol. The molecule has 1 aromatic rings. The summed E-state index contributed by atoms with van der Waals surface area (Å²) in [6, 6.07) is 7.37. The normalized spacial score (nSPS) is 15.2. The molecule has 0 radical (unpaired) electrons.